The molecule has 0 bridgehead atoms. The molecule has 0 saturated heterocycles. The Kier molecular flexibility index (Phi) is 7.40. The smallest absolute Gasteiger partial charge is 0.387 e. The minimum atomic E-state index is -2.99. The molecule has 2 aromatic carbocycles. The molecule has 0 spiro atoms. The second-order valence-electron chi connectivity index (χ2n) is 7.37. The molecule has 7 nitrogen and oxygen atoms in total. The molecule has 3 rings (SSSR count). The Bertz CT molecular complexity index is 1010. The molecule has 0 aliphatic carbocycles. The quantitative estimate of drug-likeness (QED) is 0.652. The highest BCUT2D eigenvalue weighted by atomic mass is 19.3. The van der Waals surface area contributed by atoms with Gasteiger partial charge < -0.3 is 14.8 Å². The molecule has 9 heteroatoms. The van der Waals surface area contributed by atoms with Gasteiger partial charge in [0.1, 0.15) is 0 Å². The van der Waals surface area contributed by atoms with Gasteiger partial charge in [-0.05, 0) is 42.3 Å². The number of nitrogens with one attached hydrogen (secondary N) is 1. The summed E-state index contributed by atoms with van der Waals surface area (Å²) in [6, 6.07) is 11.8. The van der Waals surface area contributed by atoms with Gasteiger partial charge in [0.2, 0.25) is 11.8 Å². The maximum Gasteiger partial charge on any atom is 0.387 e. The lowest BCUT2D eigenvalue weighted by Crippen LogP contribution is -2.36. The molecule has 1 atom stereocenters. The Hall–Kier alpha value is -3.49. The molecule has 170 valence electrons. The third-order valence-electron chi connectivity index (χ3n) is 5.10. The van der Waals surface area contributed by atoms with E-state index in [0.717, 1.165) is 5.56 Å². The van der Waals surface area contributed by atoms with Crippen molar-refractivity contribution in [2.75, 3.05) is 12.4 Å². The van der Waals surface area contributed by atoms with Crippen LogP contribution in [0.1, 0.15) is 37.8 Å². The van der Waals surface area contributed by atoms with E-state index in [1.807, 2.05) is 19.1 Å². The monoisotopic (exact) mass is 445 g/mol. The van der Waals surface area contributed by atoms with Gasteiger partial charge in [-0.1, -0.05) is 19.1 Å². The van der Waals surface area contributed by atoms with Gasteiger partial charge in [0.25, 0.3) is 0 Å². The lowest BCUT2D eigenvalue weighted by molar-refractivity contribution is -0.133. The highest BCUT2D eigenvalue weighted by Crippen LogP contribution is 2.33. The molecule has 1 N–H and O–H groups in total. The summed E-state index contributed by atoms with van der Waals surface area (Å²) in [4.78, 5) is 23.9. The minimum absolute atomic E-state index is 0.0884. The average molecular weight is 445 g/mol. The fourth-order valence-corrected chi connectivity index (χ4v) is 3.53. The van der Waals surface area contributed by atoms with Crippen molar-refractivity contribution in [1.82, 2.24) is 5.01 Å². The van der Waals surface area contributed by atoms with Gasteiger partial charge in [-0.3, -0.25) is 9.59 Å². The molecule has 1 aliphatic heterocycles. The Balaban J connectivity index is 1.89. The SMILES string of the molecule is CCC1CC(=O)N(Cc2ccc(NC(C)=O)cc2)N=C1c1ccc(OC)c(OC(F)F)c1. The predicted molar refractivity (Wildman–Crippen MR) is 116 cm³/mol. The van der Waals surface area contributed by atoms with Gasteiger partial charge in [0, 0.05) is 30.5 Å². The Morgan fingerprint density at radius 1 is 1.22 bits per heavy atom. The number of rotatable bonds is 8. The highest BCUT2D eigenvalue weighted by Gasteiger charge is 2.30. The van der Waals surface area contributed by atoms with Crippen LogP contribution in [0.25, 0.3) is 0 Å². The van der Waals surface area contributed by atoms with Crippen LogP contribution in [0.5, 0.6) is 11.5 Å². The van der Waals surface area contributed by atoms with E-state index in [-0.39, 0.29) is 42.2 Å². The van der Waals surface area contributed by atoms with Crippen molar-refractivity contribution in [2.24, 2.45) is 11.0 Å². The van der Waals surface area contributed by atoms with E-state index >= 15 is 0 Å². The van der Waals surface area contributed by atoms with Crippen molar-refractivity contribution in [2.45, 2.75) is 39.8 Å². The number of nitrogens with zero attached hydrogens (tertiary/aromatic N) is 2. The first kappa shape index (κ1) is 23.2. The van der Waals surface area contributed by atoms with Gasteiger partial charge in [0.15, 0.2) is 11.5 Å². The number of hydrogen-bond acceptors (Lipinski definition) is 5. The predicted octanol–water partition coefficient (Wildman–Crippen LogP) is 4.42. The molecular formula is C23H25F2N3O4. The highest BCUT2D eigenvalue weighted by molar-refractivity contribution is 6.06. The average Bonchev–Trinajstić information content (AvgIpc) is 2.75. The minimum Gasteiger partial charge on any atom is -0.493 e. The van der Waals surface area contributed by atoms with Crippen LogP contribution in [0.3, 0.4) is 0 Å². The summed E-state index contributed by atoms with van der Waals surface area (Å²) in [7, 11) is 1.37. The van der Waals surface area contributed by atoms with E-state index in [4.69, 9.17) is 4.74 Å². The number of amides is 2. The molecule has 32 heavy (non-hydrogen) atoms. The fourth-order valence-electron chi connectivity index (χ4n) is 3.53. The van der Waals surface area contributed by atoms with E-state index < -0.39 is 6.61 Å². The van der Waals surface area contributed by atoms with Crippen LogP contribution >= 0.6 is 0 Å². The number of carbonyl (C=O) groups is 2. The number of carbonyl (C=O) groups excluding carboxylic acids is 2. The Morgan fingerprint density at radius 3 is 2.53 bits per heavy atom. The first-order valence-corrected chi connectivity index (χ1v) is 10.2. The second-order valence-corrected chi connectivity index (χ2v) is 7.37. The molecular weight excluding hydrogens is 420 g/mol. The Morgan fingerprint density at radius 2 is 1.94 bits per heavy atom. The lowest BCUT2D eigenvalue weighted by Gasteiger charge is -2.29. The van der Waals surface area contributed by atoms with Crippen molar-refractivity contribution >= 4 is 23.2 Å². The van der Waals surface area contributed by atoms with E-state index in [0.29, 0.717) is 23.4 Å². The van der Waals surface area contributed by atoms with Gasteiger partial charge in [-0.25, -0.2) is 5.01 Å². The molecule has 0 fully saturated rings. The third-order valence-corrected chi connectivity index (χ3v) is 5.10. The summed E-state index contributed by atoms with van der Waals surface area (Å²) in [6.07, 6.45) is 0.928. The number of hydrogen-bond donors (Lipinski definition) is 1. The molecule has 0 radical (unpaired) electrons. The van der Waals surface area contributed by atoms with Crippen LogP contribution in [0.15, 0.2) is 47.6 Å². The number of anilines is 1. The maximum absolute atomic E-state index is 12.8. The van der Waals surface area contributed by atoms with Gasteiger partial charge in [-0.15, -0.1) is 0 Å². The molecule has 1 heterocycles. The van der Waals surface area contributed by atoms with E-state index in [1.165, 1.54) is 25.1 Å². The topological polar surface area (TPSA) is 80.2 Å². The number of benzene rings is 2. The fraction of sp³-hybridized carbons (Fsp3) is 0.348. The number of ether oxygens (including phenoxy) is 2. The van der Waals surface area contributed by atoms with E-state index in [1.54, 1.807) is 24.3 Å². The number of hydrazone groups is 1. The standard InChI is InChI=1S/C23H25F2N3O4/c1-4-16-12-21(30)28(13-15-5-8-18(9-6-15)26-14(2)29)27-22(16)17-7-10-19(31-3)20(11-17)32-23(24)25/h5-11,16,23H,4,12-13H2,1-3H3,(H,26,29). The van der Waals surface area contributed by atoms with E-state index in [9.17, 15) is 18.4 Å². The largest absolute Gasteiger partial charge is 0.493 e. The van der Waals surface area contributed by atoms with Crippen LogP contribution in [-0.4, -0.2) is 36.3 Å². The molecule has 2 aromatic rings. The number of alkyl halides is 2. The van der Waals surface area contributed by atoms with Crippen molar-refractivity contribution in [3.63, 3.8) is 0 Å². The first-order valence-electron chi connectivity index (χ1n) is 10.2. The summed E-state index contributed by atoms with van der Waals surface area (Å²) < 4.78 is 35.3. The second kappa shape index (κ2) is 10.2. The van der Waals surface area contributed by atoms with Crippen LogP contribution in [0.4, 0.5) is 14.5 Å². The van der Waals surface area contributed by atoms with Crippen molar-refractivity contribution in [1.29, 1.82) is 0 Å². The summed E-state index contributed by atoms with van der Waals surface area (Å²) in [5.74, 6) is -0.337. The normalized spacial score (nSPS) is 16.1. The first-order chi connectivity index (χ1) is 15.3. The molecule has 2 amide bonds. The summed E-state index contributed by atoms with van der Waals surface area (Å²) >= 11 is 0. The van der Waals surface area contributed by atoms with E-state index in [2.05, 4.69) is 15.2 Å². The van der Waals surface area contributed by atoms with Gasteiger partial charge in [0.05, 0.1) is 19.4 Å². The zero-order valence-electron chi connectivity index (χ0n) is 18.1. The van der Waals surface area contributed by atoms with Crippen LogP contribution < -0.4 is 14.8 Å². The molecule has 0 saturated carbocycles. The van der Waals surface area contributed by atoms with Crippen LogP contribution in [0.2, 0.25) is 0 Å². The molecule has 1 aliphatic rings. The lowest BCUT2D eigenvalue weighted by atomic mass is 9.89. The Labute approximate surface area is 185 Å². The van der Waals surface area contributed by atoms with Crippen molar-refractivity contribution in [3.05, 3.63) is 53.6 Å². The van der Waals surface area contributed by atoms with Gasteiger partial charge in [-0.2, -0.15) is 13.9 Å². The van der Waals surface area contributed by atoms with Crippen molar-refractivity contribution in [3.8, 4) is 11.5 Å². The van der Waals surface area contributed by atoms with Crippen LogP contribution in [0, 0.1) is 5.92 Å². The number of methoxy groups -OCH3 is 1. The zero-order chi connectivity index (χ0) is 23.3. The zero-order valence-corrected chi connectivity index (χ0v) is 18.1. The summed E-state index contributed by atoms with van der Waals surface area (Å²) in [5, 5.41) is 8.65. The molecule has 0 aromatic heterocycles. The molecule has 1 unspecified atom stereocenters. The van der Waals surface area contributed by atoms with Crippen LogP contribution in [-0.2, 0) is 16.1 Å². The van der Waals surface area contributed by atoms with Gasteiger partial charge >= 0.3 is 6.61 Å². The summed E-state index contributed by atoms with van der Waals surface area (Å²) in [6.45, 7) is 0.630. The third kappa shape index (κ3) is 5.60. The summed E-state index contributed by atoms with van der Waals surface area (Å²) in [5.41, 5.74) is 2.71. The maximum atomic E-state index is 12.8. The van der Waals surface area contributed by atoms with Crippen molar-refractivity contribution < 1.29 is 27.8 Å². The number of halogens is 2.